The number of hydrogen-bond donors (Lipinski definition) is 4. The molecule has 0 bridgehead atoms. The number of aliphatic hydroxyl groups is 1. The molecule has 3 rings (SSSR count). The number of allylic oxidation sites excluding steroid dienone is 1. The second kappa shape index (κ2) is 13.9. The predicted molar refractivity (Wildman–Crippen MR) is 150 cm³/mol. The van der Waals surface area contributed by atoms with E-state index in [0.29, 0.717) is 35.7 Å². The van der Waals surface area contributed by atoms with E-state index in [4.69, 9.17) is 20.3 Å². The van der Waals surface area contributed by atoms with Gasteiger partial charge in [0.15, 0.2) is 0 Å². The maximum atomic E-state index is 12.8. The standard InChI is InChI=1S/C30H35N3O5/c1-30(2,18-9-8-17-27(35)33-26-16-7-6-15-25(26)31)28(22-11-10-14-24(21-22)37-20-19-34)38-29(36)32-23-12-4-3-5-13-23/h3-8,10-17,21,28,34H,9,18-20,31H2,1-2H3,(H,32,36)(H,33,35)/b17-8+/t28-/m0/s1. The van der Waals surface area contributed by atoms with Gasteiger partial charge in [-0.1, -0.05) is 62.4 Å². The molecule has 0 aliphatic heterocycles. The number of aliphatic hydroxyl groups excluding tert-OH is 1. The smallest absolute Gasteiger partial charge is 0.412 e. The number of nitrogens with two attached hydrogens (primary N) is 1. The minimum absolute atomic E-state index is 0.105. The normalized spacial score (nSPS) is 12.1. The number of anilines is 3. The van der Waals surface area contributed by atoms with Crippen molar-refractivity contribution in [1.82, 2.24) is 0 Å². The van der Waals surface area contributed by atoms with E-state index in [2.05, 4.69) is 10.6 Å². The van der Waals surface area contributed by atoms with E-state index in [1.165, 1.54) is 6.08 Å². The van der Waals surface area contributed by atoms with Gasteiger partial charge in [-0.3, -0.25) is 10.1 Å². The van der Waals surface area contributed by atoms with Crippen LogP contribution < -0.4 is 21.1 Å². The third kappa shape index (κ3) is 8.67. The number of amides is 2. The summed E-state index contributed by atoms with van der Waals surface area (Å²) in [6, 6.07) is 23.4. The fourth-order valence-corrected chi connectivity index (χ4v) is 3.95. The summed E-state index contributed by atoms with van der Waals surface area (Å²) in [5, 5.41) is 14.6. The summed E-state index contributed by atoms with van der Waals surface area (Å²) < 4.78 is 11.5. The van der Waals surface area contributed by atoms with E-state index in [0.717, 1.165) is 5.56 Å². The molecule has 0 aliphatic carbocycles. The lowest BCUT2D eigenvalue weighted by atomic mass is 9.78. The van der Waals surface area contributed by atoms with Crippen LogP contribution in [0.25, 0.3) is 0 Å². The van der Waals surface area contributed by atoms with Crippen LogP contribution in [0.3, 0.4) is 0 Å². The Balaban J connectivity index is 1.71. The third-order valence-electron chi connectivity index (χ3n) is 5.92. The second-order valence-corrected chi connectivity index (χ2v) is 9.43. The minimum atomic E-state index is -0.616. The summed E-state index contributed by atoms with van der Waals surface area (Å²) >= 11 is 0. The van der Waals surface area contributed by atoms with Gasteiger partial charge in [0, 0.05) is 11.1 Å². The van der Waals surface area contributed by atoms with Crippen molar-refractivity contribution in [3.8, 4) is 5.75 Å². The molecule has 3 aromatic rings. The fourth-order valence-electron chi connectivity index (χ4n) is 3.95. The summed E-state index contributed by atoms with van der Waals surface area (Å²) in [5.74, 6) is 0.297. The number of hydrogen-bond acceptors (Lipinski definition) is 6. The Morgan fingerprint density at radius 1 is 1.00 bits per heavy atom. The lowest BCUT2D eigenvalue weighted by Crippen LogP contribution is -2.29. The molecule has 3 aromatic carbocycles. The Hall–Kier alpha value is -4.30. The zero-order valence-electron chi connectivity index (χ0n) is 21.7. The van der Waals surface area contributed by atoms with E-state index in [1.54, 1.807) is 48.5 Å². The average molecular weight is 518 g/mol. The maximum Gasteiger partial charge on any atom is 0.412 e. The average Bonchev–Trinajstić information content (AvgIpc) is 2.90. The zero-order valence-corrected chi connectivity index (χ0v) is 21.7. The quantitative estimate of drug-likeness (QED) is 0.174. The van der Waals surface area contributed by atoms with Crippen LogP contribution in [0.5, 0.6) is 5.75 Å². The maximum absolute atomic E-state index is 12.8. The molecule has 8 heteroatoms. The van der Waals surface area contributed by atoms with Crippen molar-refractivity contribution in [1.29, 1.82) is 0 Å². The van der Waals surface area contributed by atoms with E-state index in [1.807, 2.05) is 50.2 Å². The molecule has 38 heavy (non-hydrogen) atoms. The highest BCUT2D eigenvalue weighted by Crippen LogP contribution is 2.41. The highest BCUT2D eigenvalue weighted by molar-refractivity contribution is 6.01. The van der Waals surface area contributed by atoms with Crippen molar-refractivity contribution in [3.05, 3.63) is 96.6 Å². The van der Waals surface area contributed by atoms with Crippen LogP contribution in [0.2, 0.25) is 0 Å². The number of nitrogens with one attached hydrogen (secondary N) is 2. The number of nitrogen functional groups attached to an aromatic ring is 1. The number of benzene rings is 3. The summed E-state index contributed by atoms with van der Waals surface area (Å²) in [6.07, 6.45) is 3.27. The lowest BCUT2D eigenvalue weighted by molar-refractivity contribution is -0.111. The molecule has 0 spiro atoms. The predicted octanol–water partition coefficient (Wildman–Crippen LogP) is 5.93. The molecule has 0 saturated carbocycles. The lowest BCUT2D eigenvalue weighted by Gasteiger charge is -2.34. The molecule has 0 aromatic heterocycles. The molecule has 0 fully saturated rings. The van der Waals surface area contributed by atoms with Gasteiger partial charge in [0.1, 0.15) is 18.5 Å². The van der Waals surface area contributed by atoms with E-state index >= 15 is 0 Å². The van der Waals surface area contributed by atoms with Crippen LogP contribution in [0.4, 0.5) is 21.9 Å². The molecular weight excluding hydrogens is 482 g/mol. The van der Waals surface area contributed by atoms with Crippen LogP contribution in [0.1, 0.15) is 38.4 Å². The monoisotopic (exact) mass is 517 g/mol. The number of para-hydroxylation sites is 3. The van der Waals surface area contributed by atoms with Crippen molar-refractivity contribution >= 4 is 29.1 Å². The first-order valence-electron chi connectivity index (χ1n) is 12.5. The molecule has 0 heterocycles. The first kappa shape index (κ1) is 28.3. The second-order valence-electron chi connectivity index (χ2n) is 9.43. The largest absolute Gasteiger partial charge is 0.491 e. The Kier molecular flexibility index (Phi) is 10.3. The van der Waals surface area contributed by atoms with Gasteiger partial charge in [-0.25, -0.2) is 4.79 Å². The van der Waals surface area contributed by atoms with Gasteiger partial charge in [0.25, 0.3) is 0 Å². The number of rotatable bonds is 12. The van der Waals surface area contributed by atoms with Gasteiger partial charge in [-0.05, 0) is 60.9 Å². The van der Waals surface area contributed by atoms with Crippen molar-refractivity contribution in [2.24, 2.45) is 5.41 Å². The molecule has 200 valence electrons. The Morgan fingerprint density at radius 3 is 2.47 bits per heavy atom. The molecule has 5 N–H and O–H groups in total. The van der Waals surface area contributed by atoms with Gasteiger partial charge < -0.3 is 25.6 Å². The van der Waals surface area contributed by atoms with Gasteiger partial charge in [0.2, 0.25) is 5.91 Å². The molecule has 0 aliphatic rings. The molecule has 0 unspecified atom stereocenters. The number of ether oxygens (including phenoxy) is 2. The van der Waals surface area contributed by atoms with Crippen molar-refractivity contribution < 1.29 is 24.2 Å². The fraction of sp³-hybridized carbons (Fsp3) is 0.267. The first-order chi connectivity index (χ1) is 18.3. The minimum Gasteiger partial charge on any atom is -0.491 e. The number of carbonyl (C=O) groups excluding carboxylic acids is 2. The van der Waals surface area contributed by atoms with Crippen LogP contribution in [0, 0.1) is 5.41 Å². The van der Waals surface area contributed by atoms with E-state index in [9.17, 15) is 9.59 Å². The Morgan fingerprint density at radius 2 is 1.74 bits per heavy atom. The van der Waals surface area contributed by atoms with E-state index in [-0.39, 0.29) is 19.1 Å². The van der Waals surface area contributed by atoms with Gasteiger partial charge in [-0.2, -0.15) is 0 Å². The molecule has 1 atom stereocenters. The third-order valence-corrected chi connectivity index (χ3v) is 5.92. The topological polar surface area (TPSA) is 123 Å². The van der Waals surface area contributed by atoms with Crippen LogP contribution in [-0.4, -0.2) is 30.3 Å². The molecule has 0 radical (unpaired) electrons. The highest BCUT2D eigenvalue weighted by Gasteiger charge is 2.34. The van der Waals surface area contributed by atoms with Gasteiger partial charge in [-0.15, -0.1) is 0 Å². The van der Waals surface area contributed by atoms with Crippen LogP contribution in [0.15, 0.2) is 91.0 Å². The first-order valence-corrected chi connectivity index (χ1v) is 12.5. The molecule has 2 amide bonds. The summed E-state index contributed by atoms with van der Waals surface area (Å²) in [5.41, 5.74) is 7.82. The number of carbonyl (C=O) groups is 2. The molecule has 0 saturated heterocycles. The highest BCUT2D eigenvalue weighted by atomic mass is 16.6. The van der Waals surface area contributed by atoms with Gasteiger partial charge >= 0.3 is 6.09 Å². The van der Waals surface area contributed by atoms with Crippen LogP contribution >= 0.6 is 0 Å². The summed E-state index contributed by atoms with van der Waals surface area (Å²) in [7, 11) is 0. The van der Waals surface area contributed by atoms with E-state index < -0.39 is 17.6 Å². The summed E-state index contributed by atoms with van der Waals surface area (Å²) in [6.45, 7) is 4.07. The van der Waals surface area contributed by atoms with Crippen molar-refractivity contribution in [3.63, 3.8) is 0 Å². The van der Waals surface area contributed by atoms with Gasteiger partial charge in [0.05, 0.1) is 18.0 Å². The summed E-state index contributed by atoms with van der Waals surface area (Å²) in [4.78, 5) is 25.2. The molecule has 8 nitrogen and oxygen atoms in total. The zero-order chi connectivity index (χ0) is 27.4. The Labute approximate surface area is 223 Å². The van der Waals surface area contributed by atoms with Crippen molar-refractivity contribution in [2.75, 3.05) is 29.6 Å². The Bertz CT molecular complexity index is 1230. The molecular formula is C30H35N3O5. The van der Waals surface area contributed by atoms with Crippen LogP contribution in [-0.2, 0) is 9.53 Å². The van der Waals surface area contributed by atoms with Crippen molar-refractivity contribution in [2.45, 2.75) is 32.8 Å². The SMILES string of the molecule is CC(C)(CC/C=C/C(=O)Nc1ccccc1N)[C@@H](OC(=O)Nc1ccccc1)c1cccc(OCCO)c1.